The highest BCUT2D eigenvalue weighted by Crippen LogP contribution is 2.38. The van der Waals surface area contributed by atoms with Crippen LogP contribution in [-0.2, 0) is 19.8 Å². The Labute approximate surface area is 135 Å². The number of hydrogen-bond donors (Lipinski definition) is 2. The maximum atomic E-state index is 12.5. The highest BCUT2D eigenvalue weighted by atomic mass is 35.5. The minimum absolute atomic E-state index is 0.0108. The minimum Gasteiger partial charge on any atom is -0.480 e. The molecule has 1 unspecified atom stereocenters. The van der Waals surface area contributed by atoms with E-state index in [0.717, 1.165) is 0 Å². The number of carboxylic acids is 1. The molecular weight excluding hydrogens is 324 g/mol. The number of carbonyl (C=O) groups is 4. The number of halogens is 1. The van der Waals surface area contributed by atoms with E-state index in [0.29, 0.717) is 0 Å². The fourth-order valence-electron chi connectivity index (χ4n) is 2.47. The fraction of sp³-hybridized carbons (Fsp3) is 0.267. The van der Waals surface area contributed by atoms with Crippen molar-refractivity contribution in [1.82, 2.24) is 5.32 Å². The number of Topliss-reactive ketones (excluding diaryl/α,β-unsaturated/α-hetero) is 2. The second-order valence-corrected chi connectivity index (χ2v) is 5.64. The summed E-state index contributed by atoms with van der Waals surface area (Å²) in [4.78, 5) is 47.6. The van der Waals surface area contributed by atoms with Crippen LogP contribution in [0.15, 0.2) is 18.2 Å². The first-order chi connectivity index (χ1) is 10.7. The van der Waals surface area contributed by atoms with Gasteiger partial charge in [0.25, 0.3) is 0 Å². The molecule has 0 spiro atoms. The first kappa shape index (κ1) is 16.6. The molecule has 8 heteroatoms. The van der Waals surface area contributed by atoms with E-state index < -0.39 is 41.3 Å². The fourth-order valence-corrected chi connectivity index (χ4v) is 2.64. The molecule has 2 N–H and O–H groups in total. The molecule has 7 nitrogen and oxygen atoms in total. The number of nitrogens with one attached hydrogen (secondary N) is 1. The van der Waals surface area contributed by atoms with E-state index in [1.807, 2.05) is 11.4 Å². The molecule has 1 aromatic rings. The number of rotatable bonds is 3. The van der Waals surface area contributed by atoms with Crippen molar-refractivity contribution >= 4 is 35.0 Å². The Balaban J connectivity index is 2.54. The third-order valence-corrected chi connectivity index (χ3v) is 3.94. The molecule has 1 aliphatic carbocycles. The van der Waals surface area contributed by atoms with Gasteiger partial charge in [-0.1, -0.05) is 17.7 Å². The van der Waals surface area contributed by atoms with Crippen LogP contribution in [0.25, 0.3) is 0 Å². The summed E-state index contributed by atoms with van der Waals surface area (Å²) in [6.07, 6.45) is 0. The molecule has 0 saturated carbocycles. The molecule has 0 saturated heterocycles. The van der Waals surface area contributed by atoms with E-state index in [1.165, 1.54) is 25.1 Å². The number of carbonyl (C=O) groups excluding carboxylic acids is 3. The summed E-state index contributed by atoms with van der Waals surface area (Å²) < 4.78 is 0. The van der Waals surface area contributed by atoms with E-state index in [-0.39, 0.29) is 16.1 Å². The van der Waals surface area contributed by atoms with Gasteiger partial charge in [0.05, 0.1) is 6.07 Å². The van der Waals surface area contributed by atoms with Crippen LogP contribution < -0.4 is 5.32 Å². The number of ketones is 2. The molecule has 0 fully saturated rings. The van der Waals surface area contributed by atoms with Gasteiger partial charge in [-0.15, -0.1) is 0 Å². The normalized spacial score (nSPS) is 22.9. The Morgan fingerprint density at radius 1 is 1.43 bits per heavy atom. The van der Waals surface area contributed by atoms with Crippen LogP contribution in [0.4, 0.5) is 0 Å². The average Bonchev–Trinajstić information content (AvgIpc) is 2.50. The van der Waals surface area contributed by atoms with Crippen molar-refractivity contribution in [3.8, 4) is 6.07 Å². The second-order valence-electron chi connectivity index (χ2n) is 5.20. The van der Waals surface area contributed by atoms with E-state index in [2.05, 4.69) is 0 Å². The number of nitrogens with zero attached hydrogens (tertiary/aromatic N) is 1. The van der Waals surface area contributed by atoms with Gasteiger partial charge in [0.1, 0.15) is 12.0 Å². The standard InChI is InChI=1S/C15H11ClN2O5/c1-15(6-17)9-3-2-7(16)4-8(9)12(21)11(13(15)22)14(23)18-5-10(19)20/h2-4,11H,5H2,1H3,(H,18,23)(H,19,20)/t11?,15-/m0/s1. The maximum absolute atomic E-state index is 12.5. The van der Waals surface area contributed by atoms with Gasteiger partial charge >= 0.3 is 5.97 Å². The summed E-state index contributed by atoms with van der Waals surface area (Å²) in [6.45, 7) is 0.577. The number of carboxylic acid groups (broad SMARTS) is 1. The third-order valence-electron chi connectivity index (χ3n) is 3.70. The number of fused-ring (bicyclic) bond motifs is 1. The van der Waals surface area contributed by atoms with Crippen LogP contribution in [0.1, 0.15) is 22.8 Å². The van der Waals surface area contributed by atoms with Gasteiger partial charge in [0, 0.05) is 10.6 Å². The quantitative estimate of drug-likeness (QED) is 0.784. The zero-order chi connectivity index (χ0) is 17.4. The Kier molecular flexibility index (Phi) is 4.21. The highest BCUT2D eigenvalue weighted by Gasteiger charge is 2.52. The van der Waals surface area contributed by atoms with Crippen LogP contribution in [-0.4, -0.2) is 35.1 Å². The summed E-state index contributed by atoms with van der Waals surface area (Å²) in [6, 6.07) is 5.98. The smallest absolute Gasteiger partial charge is 0.322 e. The molecule has 1 amide bonds. The topological polar surface area (TPSA) is 124 Å². The number of nitriles is 1. The number of hydrogen-bond acceptors (Lipinski definition) is 5. The lowest BCUT2D eigenvalue weighted by molar-refractivity contribution is -0.140. The molecule has 1 aromatic carbocycles. The van der Waals surface area contributed by atoms with E-state index >= 15 is 0 Å². The average molecular weight is 335 g/mol. The van der Waals surface area contributed by atoms with Crippen molar-refractivity contribution in [3.63, 3.8) is 0 Å². The van der Waals surface area contributed by atoms with Gasteiger partial charge in [-0.25, -0.2) is 0 Å². The molecule has 23 heavy (non-hydrogen) atoms. The van der Waals surface area contributed by atoms with Gasteiger partial charge < -0.3 is 10.4 Å². The Morgan fingerprint density at radius 3 is 2.65 bits per heavy atom. The zero-order valence-electron chi connectivity index (χ0n) is 11.9. The highest BCUT2D eigenvalue weighted by molar-refractivity contribution is 6.33. The summed E-state index contributed by atoms with van der Waals surface area (Å²) in [5.41, 5.74) is -1.50. The predicted octanol–water partition coefficient (Wildman–Crippen LogP) is 0.704. The van der Waals surface area contributed by atoms with E-state index in [9.17, 15) is 24.4 Å². The van der Waals surface area contributed by atoms with Crippen molar-refractivity contribution in [2.24, 2.45) is 5.92 Å². The summed E-state index contributed by atoms with van der Waals surface area (Å²) in [5.74, 6) is -5.83. The van der Waals surface area contributed by atoms with Gasteiger partial charge in [0.15, 0.2) is 17.5 Å². The van der Waals surface area contributed by atoms with Gasteiger partial charge in [0.2, 0.25) is 5.91 Å². The first-order valence-electron chi connectivity index (χ1n) is 6.51. The predicted molar refractivity (Wildman–Crippen MR) is 77.9 cm³/mol. The van der Waals surface area contributed by atoms with Crippen LogP contribution in [0.5, 0.6) is 0 Å². The van der Waals surface area contributed by atoms with Crippen LogP contribution in [0.3, 0.4) is 0 Å². The molecule has 0 bridgehead atoms. The summed E-state index contributed by atoms with van der Waals surface area (Å²) in [5, 5.41) is 20.2. The molecular formula is C15H11ClN2O5. The van der Waals surface area contributed by atoms with Crippen LogP contribution in [0, 0.1) is 17.2 Å². The Hall–Kier alpha value is -2.72. The number of amides is 1. The largest absolute Gasteiger partial charge is 0.480 e. The van der Waals surface area contributed by atoms with Crippen molar-refractivity contribution in [2.75, 3.05) is 6.54 Å². The Morgan fingerprint density at radius 2 is 2.09 bits per heavy atom. The van der Waals surface area contributed by atoms with Gasteiger partial charge in [-0.2, -0.15) is 5.26 Å². The second kappa shape index (κ2) is 5.82. The third kappa shape index (κ3) is 2.69. The lowest BCUT2D eigenvalue weighted by Crippen LogP contribution is -2.52. The van der Waals surface area contributed by atoms with Crippen LogP contribution in [0.2, 0.25) is 5.02 Å². The van der Waals surface area contributed by atoms with Crippen molar-refractivity contribution < 1.29 is 24.3 Å². The molecule has 2 rings (SSSR count). The number of benzene rings is 1. The SMILES string of the molecule is C[C@@]1(C#N)C(=O)C(C(=O)NCC(=O)O)C(=O)c2cc(Cl)ccc21. The zero-order valence-corrected chi connectivity index (χ0v) is 12.7. The van der Waals surface area contributed by atoms with Crippen molar-refractivity contribution in [2.45, 2.75) is 12.3 Å². The van der Waals surface area contributed by atoms with E-state index in [4.69, 9.17) is 16.7 Å². The van der Waals surface area contributed by atoms with Crippen LogP contribution >= 0.6 is 11.6 Å². The molecule has 0 aliphatic heterocycles. The summed E-state index contributed by atoms with van der Waals surface area (Å²) >= 11 is 5.85. The molecule has 0 radical (unpaired) electrons. The maximum Gasteiger partial charge on any atom is 0.322 e. The number of aliphatic carboxylic acids is 1. The lowest BCUT2D eigenvalue weighted by atomic mass is 9.66. The molecule has 2 atom stereocenters. The van der Waals surface area contributed by atoms with Gasteiger partial charge in [-0.05, 0) is 24.6 Å². The first-order valence-corrected chi connectivity index (χ1v) is 6.89. The Bertz CT molecular complexity index is 783. The van der Waals surface area contributed by atoms with Gasteiger partial charge in [-0.3, -0.25) is 19.2 Å². The van der Waals surface area contributed by atoms with Crippen molar-refractivity contribution in [1.29, 1.82) is 5.26 Å². The van der Waals surface area contributed by atoms with E-state index in [1.54, 1.807) is 0 Å². The monoisotopic (exact) mass is 334 g/mol. The summed E-state index contributed by atoms with van der Waals surface area (Å²) in [7, 11) is 0. The molecule has 118 valence electrons. The minimum atomic E-state index is -1.77. The molecule has 0 heterocycles. The van der Waals surface area contributed by atoms with Crippen molar-refractivity contribution in [3.05, 3.63) is 34.3 Å². The molecule has 0 aromatic heterocycles. The molecule has 1 aliphatic rings. The lowest BCUT2D eigenvalue weighted by Gasteiger charge is -2.32.